The van der Waals surface area contributed by atoms with Crippen LogP contribution in [0.25, 0.3) is 0 Å². The van der Waals surface area contributed by atoms with Gasteiger partial charge in [-0.25, -0.2) is 0 Å². The second-order valence-electron chi connectivity index (χ2n) is 19.3. The predicted octanol–water partition coefficient (Wildman–Crippen LogP) is 17.7. The summed E-state index contributed by atoms with van der Waals surface area (Å²) in [7, 11) is 1.69. The van der Waals surface area contributed by atoms with Crippen molar-refractivity contribution in [1.29, 1.82) is 0 Å². The number of hydrogen-bond acceptors (Lipinski definition) is 5. The molecule has 0 aliphatic heterocycles. The molecule has 0 saturated carbocycles. The first-order chi connectivity index (χ1) is 31.7. The Balaban J connectivity index is 0.000000392. The van der Waals surface area contributed by atoms with Crippen LogP contribution in [0.3, 0.4) is 0 Å². The van der Waals surface area contributed by atoms with Gasteiger partial charge in [0.15, 0.2) is 0 Å². The van der Waals surface area contributed by atoms with Crippen molar-refractivity contribution >= 4 is 0 Å². The van der Waals surface area contributed by atoms with E-state index in [4.69, 9.17) is 9.15 Å². The molecule has 0 spiro atoms. The number of benzene rings is 4. The van der Waals surface area contributed by atoms with Gasteiger partial charge in [0.2, 0.25) is 0 Å². The van der Waals surface area contributed by atoms with Crippen LogP contribution in [0.4, 0.5) is 0 Å². The quantitative estimate of drug-likeness (QED) is 0.144. The topological polar surface area (TPSA) is 66.0 Å². The van der Waals surface area contributed by atoms with E-state index in [1.54, 1.807) is 25.8 Å². The SMILES string of the molecule is CC(C)c1ccccc1.CC(C)c1cccnc1.CC(C)c1ccoc1.COc1cccc(C(C)C)c1.Cc1ccc(C(C)C)cc1.Cc1ccc(C(C)C)cc1.Cc1cn(CC(C)C)nn1. The number of furan rings is 1. The minimum Gasteiger partial charge on any atom is -0.497 e. The van der Waals surface area contributed by atoms with Gasteiger partial charge in [0.05, 0.1) is 25.3 Å². The summed E-state index contributed by atoms with van der Waals surface area (Å²) in [5.41, 5.74) is 11.8. The largest absolute Gasteiger partial charge is 0.497 e. The first-order valence-electron chi connectivity index (χ1n) is 24.3. The molecule has 7 aromatic rings. The Morgan fingerprint density at radius 3 is 1.28 bits per heavy atom. The van der Waals surface area contributed by atoms with E-state index in [1.807, 2.05) is 54.3 Å². The smallest absolute Gasteiger partial charge is 0.119 e. The van der Waals surface area contributed by atoms with E-state index < -0.39 is 0 Å². The summed E-state index contributed by atoms with van der Waals surface area (Å²) < 4.78 is 11.9. The first kappa shape index (κ1) is 59.3. The molecular weight excluding hydrogens is 821 g/mol. The van der Waals surface area contributed by atoms with Crippen LogP contribution in [0.2, 0.25) is 0 Å². The van der Waals surface area contributed by atoms with Gasteiger partial charge in [-0.15, -0.1) is 5.10 Å². The molecule has 4 aromatic carbocycles. The molecule has 0 fully saturated rings. The molecule has 67 heavy (non-hydrogen) atoms. The fourth-order valence-corrected chi connectivity index (χ4v) is 5.92. The maximum Gasteiger partial charge on any atom is 0.119 e. The Morgan fingerprint density at radius 1 is 0.493 bits per heavy atom. The number of aryl methyl sites for hydroxylation is 3. The van der Waals surface area contributed by atoms with E-state index in [0.717, 1.165) is 18.0 Å². The molecule has 7 rings (SSSR count). The number of ether oxygens (including phenoxy) is 1. The molecule has 0 radical (unpaired) electrons. The molecule has 0 amide bonds. The molecule has 0 saturated heterocycles. The van der Waals surface area contributed by atoms with Crippen LogP contribution in [-0.4, -0.2) is 27.1 Å². The van der Waals surface area contributed by atoms with Crippen molar-refractivity contribution in [3.05, 3.63) is 203 Å². The number of nitrogens with zero attached hydrogens (tertiary/aromatic N) is 4. The Kier molecular flexibility index (Phi) is 29.8. The van der Waals surface area contributed by atoms with Crippen LogP contribution in [-0.2, 0) is 6.54 Å². The van der Waals surface area contributed by atoms with Crippen LogP contribution < -0.4 is 4.74 Å². The Labute approximate surface area is 408 Å². The number of aromatic nitrogens is 4. The molecule has 0 bridgehead atoms. The van der Waals surface area contributed by atoms with E-state index in [0.29, 0.717) is 41.4 Å². The number of pyridine rings is 1. The van der Waals surface area contributed by atoms with Crippen molar-refractivity contribution in [1.82, 2.24) is 20.0 Å². The molecule has 0 atom stereocenters. The van der Waals surface area contributed by atoms with Gasteiger partial charge in [-0.3, -0.25) is 9.67 Å². The summed E-state index contributed by atoms with van der Waals surface area (Å²) >= 11 is 0. The Hall–Kier alpha value is -5.75. The molecule has 0 unspecified atom stereocenters. The van der Waals surface area contributed by atoms with Gasteiger partial charge >= 0.3 is 0 Å². The third kappa shape index (κ3) is 27.5. The number of rotatable bonds is 9. The molecule has 3 heterocycles. The second-order valence-corrected chi connectivity index (χ2v) is 19.3. The summed E-state index contributed by atoms with van der Waals surface area (Å²) in [6.45, 7) is 37.7. The van der Waals surface area contributed by atoms with Crippen molar-refractivity contribution in [2.75, 3.05) is 7.11 Å². The van der Waals surface area contributed by atoms with Crippen LogP contribution >= 0.6 is 0 Å². The van der Waals surface area contributed by atoms with Crippen LogP contribution in [0.5, 0.6) is 5.75 Å². The van der Waals surface area contributed by atoms with Gasteiger partial charge in [0.1, 0.15) is 5.75 Å². The molecular formula is C61H88N4O2. The molecule has 3 aromatic heterocycles. The van der Waals surface area contributed by atoms with Crippen LogP contribution in [0.15, 0.2) is 157 Å². The molecule has 0 N–H and O–H groups in total. The van der Waals surface area contributed by atoms with Crippen LogP contribution in [0.1, 0.15) is 183 Å². The zero-order chi connectivity index (χ0) is 50.3. The lowest BCUT2D eigenvalue weighted by Gasteiger charge is -2.06. The van der Waals surface area contributed by atoms with E-state index in [-0.39, 0.29) is 0 Å². The molecule has 6 heteroatoms. The minimum atomic E-state index is 0.574. The van der Waals surface area contributed by atoms with Gasteiger partial charge in [-0.2, -0.15) is 0 Å². The fraction of sp³-hybridized carbons (Fsp3) is 0.426. The summed E-state index contributed by atoms with van der Waals surface area (Å²) in [5.74, 6) is 5.31. The lowest BCUT2D eigenvalue weighted by molar-refractivity contribution is 0.414. The summed E-state index contributed by atoms with van der Waals surface area (Å²) in [4.78, 5) is 4.01. The van der Waals surface area contributed by atoms with Gasteiger partial charge in [-0.05, 0) is 120 Å². The van der Waals surface area contributed by atoms with Gasteiger partial charge < -0.3 is 9.15 Å². The van der Waals surface area contributed by atoms with Gasteiger partial charge in [0, 0.05) is 25.1 Å². The highest BCUT2D eigenvalue weighted by molar-refractivity contribution is 5.30. The van der Waals surface area contributed by atoms with Crippen molar-refractivity contribution in [3.63, 3.8) is 0 Å². The van der Waals surface area contributed by atoms with Gasteiger partial charge in [-0.1, -0.05) is 210 Å². The number of methoxy groups -OCH3 is 1. The fourth-order valence-electron chi connectivity index (χ4n) is 5.92. The van der Waals surface area contributed by atoms with Crippen molar-refractivity contribution < 1.29 is 9.15 Å². The third-order valence-corrected chi connectivity index (χ3v) is 10.5. The predicted molar refractivity (Wildman–Crippen MR) is 289 cm³/mol. The highest BCUT2D eigenvalue weighted by atomic mass is 16.5. The van der Waals surface area contributed by atoms with Crippen LogP contribution in [0, 0.1) is 26.7 Å². The highest BCUT2D eigenvalue weighted by Gasteiger charge is 2.01. The van der Waals surface area contributed by atoms with E-state index in [2.05, 4.69) is 217 Å². The molecule has 6 nitrogen and oxygen atoms in total. The average Bonchev–Trinajstić information content (AvgIpc) is 4.01. The standard InChI is InChI=1S/C10H14O.2C10H14.C9H12.C8H11N.C7H13N3.C7H10O/c1-8(2)9-5-4-6-10(7-9)11-3;2*1-8(2)10-6-4-9(3)5-7-10;1-8(2)9-6-4-3-5-7-9;1-7(2)8-4-3-5-9-6-8;1-6(2)4-10-5-7(3)8-9-10;1-6(2)7-3-4-8-5-7/h4-8H,1-3H3;2*4-8H,1-3H3;3-8H,1-2H3;3-7H,1-2H3;5-6H,4H2,1-3H3;3-6H,1-2H3. The minimum absolute atomic E-state index is 0.574. The maximum atomic E-state index is 5.11. The summed E-state index contributed by atoms with van der Waals surface area (Å²) in [5, 5.41) is 7.81. The lowest BCUT2D eigenvalue weighted by atomic mass is 10.0. The van der Waals surface area contributed by atoms with E-state index in [1.165, 1.54) is 44.5 Å². The zero-order valence-corrected chi connectivity index (χ0v) is 44.8. The summed E-state index contributed by atoms with van der Waals surface area (Å²) in [6, 6.07) is 42.2. The Bertz CT molecular complexity index is 2110. The average molecular weight is 909 g/mol. The van der Waals surface area contributed by atoms with Crippen molar-refractivity contribution in [3.8, 4) is 5.75 Å². The van der Waals surface area contributed by atoms with Crippen molar-refractivity contribution in [2.45, 2.75) is 160 Å². The molecule has 364 valence electrons. The maximum absolute atomic E-state index is 5.11. The van der Waals surface area contributed by atoms with E-state index in [9.17, 15) is 0 Å². The summed E-state index contributed by atoms with van der Waals surface area (Å²) in [6.07, 6.45) is 9.15. The normalized spacial score (nSPS) is 10.3. The molecule has 0 aliphatic carbocycles. The zero-order valence-electron chi connectivity index (χ0n) is 44.8. The first-order valence-corrected chi connectivity index (χ1v) is 24.3. The van der Waals surface area contributed by atoms with Crippen molar-refractivity contribution in [2.24, 2.45) is 5.92 Å². The monoisotopic (exact) mass is 909 g/mol. The Morgan fingerprint density at radius 2 is 0.955 bits per heavy atom. The lowest BCUT2D eigenvalue weighted by Crippen LogP contribution is -2.04. The van der Waals surface area contributed by atoms with E-state index >= 15 is 0 Å². The third-order valence-electron chi connectivity index (χ3n) is 10.5. The van der Waals surface area contributed by atoms with Gasteiger partial charge in [0.25, 0.3) is 0 Å². The highest BCUT2D eigenvalue weighted by Crippen LogP contribution is 2.20. The second kappa shape index (κ2) is 33.7. The number of hydrogen-bond donors (Lipinski definition) is 0. The molecule has 0 aliphatic rings.